The number of anilines is 1. The zero-order chi connectivity index (χ0) is 18.2. The van der Waals surface area contributed by atoms with Crippen LogP contribution in [-0.2, 0) is 6.42 Å². The van der Waals surface area contributed by atoms with Crippen molar-refractivity contribution in [1.29, 1.82) is 0 Å². The lowest BCUT2D eigenvalue weighted by molar-refractivity contribution is 0.0684. The number of likely N-dealkylation sites (tertiary alicyclic amines) is 1. The highest BCUT2D eigenvalue weighted by atomic mass is 16.2. The first kappa shape index (κ1) is 18.4. The second kappa shape index (κ2) is 9.32. The van der Waals surface area contributed by atoms with Crippen molar-refractivity contribution in [2.75, 3.05) is 25.0 Å². The zero-order valence-electron chi connectivity index (χ0n) is 15.5. The average molecular weight is 352 g/mol. The van der Waals surface area contributed by atoms with Gasteiger partial charge in [0.05, 0.1) is 0 Å². The molecule has 2 heterocycles. The van der Waals surface area contributed by atoms with Crippen molar-refractivity contribution in [2.24, 2.45) is 5.92 Å². The summed E-state index contributed by atoms with van der Waals surface area (Å²) in [6.07, 6.45) is 6.89. The predicted octanol–water partition coefficient (Wildman–Crippen LogP) is 3.78. The first-order valence-electron chi connectivity index (χ1n) is 9.65. The monoisotopic (exact) mass is 352 g/mol. The maximum Gasteiger partial charge on any atom is 0.272 e. The van der Waals surface area contributed by atoms with Crippen LogP contribution in [-0.4, -0.2) is 40.4 Å². The molecular weight excluding hydrogens is 324 g/mol. The lowest BCUT2D eigenvalue weighted by Gasteiger charge is -2.32. The van der Waals surface area contributed by atoms with Gasteiger partial charge in [-0.15, -0.1) is 0 Å². The van der Waals surface area contributed by atoms with Crippen LogP contribution in [0, 0.1) is 5.92 Å². The summed E-state index contributed by atoms with van der Waals surface area (Å²) in [4.78, 5) is 23.1. The van der Waals surface area contributed by atoms with Crippen LogP contribution >= 0.6 is 0 Å². The molecule has 26 heavy (non-hydrogen) atoms. The highest BCUT2D eigenvalue weighted by Gasteiger charge is 2.24. The summed E-state index contributed by atoms with van der Waals surface area (Å²) < 4.78 is 0. The standard InChI is InChI=1S/C21H28N4O/c1-2-3-11-22-20-15-19(23-16-24-20)21(26)25-12-9-18(10-13-25)14-17-7-5-4-6-8-17/h4-8,15-16,18H,2-3,9-14H2,1H3,(H,22,23,24). The van der Waals surface area contributed by atoms with Crippen molar-refractivity contribution in [2.45, 2.75) is 39.0 Å². The molecule has 1 saturated heterocycles. The van der Waals surface area contributed by atoms with Gasteiger partial charge in [-0.1, -0.05) is 43.7 Å². The number of hydrogen-bond acceptors (Lipinski definition) is 4. The van der Waals surface area contributed by atoms with Gasteiger partial charge in [0.2, 0.25) is 0 Å². The number of aromatic nitrogens is 2. The van der Waals surface area contributed by atoms with E-state index in [-0.39, 0.29) is 5.91 Å². The van der Waals surface area contributed by atoms with Crippen molar-refractivity contribution < 1.29 is 4.79 Å². The third-order valence-electron chi connectivity index (χ3n) is 4.99. The number of carbonyl (C=O) groups excluding carboxylic acids is 1. The number of piperidine rings is 1. The highest BCUT2D eigenvalue weighted by molar-refractivity contribution is 5.92. The second-order valence-electron chi connectivity index (χ2n) is 6.99. The lowest BCUT2D eigenvalue weighted by Crippen LogP contribution is -2.39. The molecule has 1 aliphatic heterocycles. The molecule has 5 nitrogen and oxygen atoms in total. The molecule has 5 heteroatoms. The Balaban J connectivity index is 1.52. The Morgan fingerprint density at radius 2 is 1.96 bits per heavy atom. The lowest BCUT2D eigenvalue weighted by atomic mass is 9.90. The summed E-state index contributed by atoms with van der Waals surface area (Å²) in [6, 6.07) is 12.4. The largest absolute Gasteiger partial charge is 0.370 e. The molecule has 1 amide bonds. The molecule has 1 N–H and O–H groups in total. The van der Waals surface area contributed by atoms with Crippen molar-refractivity contribution in [3.05, 3.63) is 54.0 Å². The quantitative estimate of drug-likeness (QED) is 0.771. The smallest absolute Gasteiger partial charge is 0.272 e. The summed E-state index contributed by atoms with van der Waals surface area (Å²) in [5.74, 6) is 1.40. The Hall–Kier alpha value is -2.43. The number of nitrogens with zero attached hydrogens (tertiary/aromatic N) is 3. The van der Waals surface area contributed by atoms with E-state index in [1.165, 1.54) is 11.9 Å². The summed E-state index contributed by atoms with van der Waals surface area (Å²) in [7, 11) is 0. The van der Waals surface area contributed by atoms with E-state index >= 15 is 0 Å². The topological polar surface area (TPSA) is 58.1 Å². The fraction of sp³-hybridized carbons (Fsp3) is 0.476. The number of carbonyl (C=O) groups is 1. The Kier molecular flexibility index (Phi) is 6.58. The molecule has 0 atom stereocenters. The van der Waals surface area contributed by atoms with E-state index in [4.69, 9.17) is 0 Å². The van der Waals surface area contributed by atoms with Crippen molar-refractivity contribution in [3.63, 3.8) is 0 Å². The fourth-order valence-electron chi connectivity index (χ4n) is 3.41. The molecule has 1 aromatic heterocycles. The minimum absolute atomic E-state index is 0.0177. The van der Waals surface area contributed by atoms with E-state index in [1.807, 2.05) is 4.90 Å². The maximum atomic E-state index is 12.8. The van der Waals surface area contributed by atoms with E-state index in [9.17, 15) is 4.79 Å². The third-order valence-corrected chi connectivity index (χ3v) is 4.99. The van der Waals surface area contributed by atoms with Gasteiger partial charge in [-0.3, -0.25) is 4.79 Å². The summed E-state index contributed by atoms with van der Waals surface area (Å²) >= 11 is 0. The number of amides is 1. The Morgan fingerprint density at radius 1 is 1.19 bits per heavy atom. The molecule has 138 valence electrons. The number of hydrogen-bond donors (Lipinski definition) is 1. The van der Waals surface area contributed by atoms with Gasteiger partial charge in [-0.05, 0) is 37.2 Å². The summed E-state index contributed by atoms with van der Waals surface area (Å²) in [5.41, 5.74) is 1.87. The van der Waals surface area contributed by atoms with E-state index < -0.39 is 0 Å². The van der Waals surface area contributed by atoms with Gasteiger partial charge >= 0.3 is 0 Å². The molecule has 0 spiro atoms. The molecule has 1 fully saturated rings. The van der Waals surface area contributed by atoms with Gasteiger partial charge in [0.1, 0.15) is 17.8 Å². The molecule has 1 aromatic carbocycles. The first-order chi connectivity index (χ1) is 12.8. The molecule has 0 aliphatic carbocycles. The molecule has 3 rings (SSSR count). The maximum absolute atomic E-state index is 12.8. The SMILES string of the molecule is CCCCNc1cc(C(=O)N2CCC(Cc3ccccc3)CC2)ncn1. The minimum Gasteiger partial charge on any atom is -0.370 e. The summed E-state index contributed by atoms with van der Waals surface area (Å²) in [6.45, 7) is 4.63. The zero-order valence-corrected chi connectivity index (χ0v) is 15.5. The Labute approximate surface area is 155 Å². The molecule has 2 aromatic rings. The summed E-state index contributed by atoms with van der Waals surface area (Å²) in [5, 5.41) is 3.26. The van der Waals surface area contributed by atoms with Crippen LogP contribution in [0.25, 0.3) is 0 Å². The van der Waals surface area contributed by atoms with Crippen molar-refractivity contribution >= 4 is 11.7 Å². The minimum atomic E-state index is 0.0177. The highest BCUT2D eigenvalue weighted by Crippen LogP contribution is 2.22. The molecule has 0 saturated carbocycles. The van der Waals surface area contributed by atoms with Crippen LogP contribution < -0.4 is 5.32 Å². The van der Waals surface area contributed by atoms with Crippen LogP contribution in [0.3, 0.4) is 0 Å². The predicted molar refractivity (Wildman–Crippen MR) is 104 cm³/mol. The second-order valence-corrected chi connectivity index (χ2v) is 6.99. The van der Waals surface area contributed by atoms with E-state index in [0.29, 0.717) is 11.6 Å². The normalized spacial score (nSPS) is 15.0. The molecule has 0 radical (unpaired) electrons. The molecule has 1 aliphatic rings. The molecule has 0 unspecified atom stereocenters. The number of nitrogens with one attached hydrogen (secondary N) is 1. The van der Waals surface area contributed by atoms with E-state index in [1.54, 1.807) is 6.07 Å². The van der Waals surface area contributed by atoms with Crippen molar-refractivity contribution in [1.82, 2.24) is 14.9 Å². The van der Waals surface area contributed by atoms with Crippen LogP contribution in [0.15, 0.2) is 42.7 Å². The van der Waals surface area contributed by atoms with Gasteiger partial charge in [0.15, 0.2) is 0 Å². The van der Waals surface area contributed by atoms with Crippen LogP contribution in [0.5, 0.6) is 0 Å². The van der Waals surface area contributed by atoms with Gasteiger partial charge < -0.3 is 10.2 Å². The number of benzene rings is 1. The van der Waals surface area contributed by atoms with Gasteiger partial charge in [0, 0.05) is 25.7 Å². The average Bonchev–Trinajstić information content (AvgIpc) is 2.69. The van der Waals surface area contributed by atoms with Crippen molar-refractivity contribution in [3.8, 4) is 0 Å². The third kappa shape index (κ3) is 5.04. The van der Waals surface area contributed by atoms with E-state index in [0.717, 1.165) is 57.6 Å². The van der Waals surface area contributed by atoms with Crippen LogP contribution in [0.1, 0.15) is 48.7 Å². The van der Waals surface area contributed by atoms with E-state index in [2.05, 4.69) is 52.5 Å². The van der Waals surface area contributed by atoms with Crippen LogP contribution in [0.4, 0.5) is 5.82 Å². The molecule has 0 bridgehead atoms. The number of unbranched alkanes of at least 4 members (excludes halogenated alkanes) is 1. The van der Waals surface area contributed by atoms with Gasteiger partial charge in [-0.25, -0.2) is 9.97 Å². The van der Waals surface area contributed by atoms with Gasteiger partial charge in [-0.2, -0.15) is 0 Å². The fourth-order valence-corrected chi connectivity index (χ4v) is 3.41. The Morgan fingerprint density at radius 3 is 2.69 bits per heavy atom. The Bertz CT molecular complexity index is 696. The first-order valence-corrected chi connectivity index (χ1v) is 9.65. The van der Waals surface area contributed by atoms with Crippen LogP contribution in [0.2, 0.25) is 0 Å². The number of rotatable bonds is 7. The molecular formula is C21H28N4O. The van der Waals surface area contributed by atoms with Gasteiger partial charge in [0.25, 0.3) is 5.91 Å².